The van der Waals surface area contributed by atoms with E-state index >= 15 is 0 Å². The number of halogens is 3. The molecule has 0 heterocycles. The first-order chi connectivity index (χ1) is 9.90. The van der Waals surface area contributed by atoms with Gasteiger partial charge < -0.3 is 4.74 Å². The topological polar surface area (TPSA) is 69.4 Å². The Bertz CT molecular complexity index is 615. The molecule has 0 atom stereocenters. The first-order valence-electron chi connectivity index (χ1n) is 6.17. The van der Waals surface area contributed by atoms with Crippen LogP contribution in [0.3, 0.4) is 0 Å². The molecule has 1 aromatic carbocycles. The standard InChI is InChI=1S/C14H14F3NO4/c1-13(2,3)22-12(19)8-11(14(15,16)17)9-5-4-6-10(7-9)18(20)21/h4-8H,1-3H3. The quantitative estimate of drug-likeness (QED) is 0.367. The Hall–Kier alpha value is -2.38. The van der Waals surface area contributed by atoms with Crippen LogP contribution in [-0.4, -0.2) is 22.7 Å². The molecule has 0 unspecified atom stereocenters. The van der Waals surface area contributed by atoms with E-state index in [9.17, 15) is 28.1 Å². The fourth-order valence-corrected chi connectivity index (χ4v) is 1.56. The highest BCUT2D eigenvalue weighted by Gasteiger charge is 2.36. The number of carbonyl (C=O) groups excluding carboxylic acids is 1. The number of nitrogens with zero attached hydrogens (tertiary/aromatic N) is 1. The van der Waals surface area contributed by atoms with Crippen molar-refractivity contribution in [2.24, 2.45) is 0 Å². The van der Waals surface area contributed by atoms with Gasteiger partial charge in [-0.25, -0.2) is 4.79 Å². The number of carbonyl (C=O) groups is 1. The monoisotopic (exact) mass is 317 g/mol. The number of ether oxygens (including phenoxy) is 1. The Morgan fingerprint density at radius 2 is 1.86 bits per heavy atom. The molecule has 0 aromatic heterocycles. The Kier molecular flexibility index (Phi) is 4.95. The number of nitro benzene ring substituents is 1. The zero-order chi connectivity index (χ0) is 17.1. The van der Waals surface area contributed by atoms with Gasteiger partial charge in [-0.15, -0.1) is 0 Å². The van der Waals surface area contributed by atoms with E-state index in [4.69, 9.17) is 4.74 Å². The summed E-state index contributed by atoms with van der Waals surface area (Å²) in [6.07, 6.45) is -4.56. The summed E-state index contributed by atoms with van der Waals surface area (Å²) < 4.78 is 44.1. The third-order valence-corrected chi connectivity index (χ3v) is 2.34. The lowest BCUT2D eigenvalue weighted by Gasteiger charge is -2.19. The van der Waals surface area contributed by atoms with Crippen LogP contribution < -0.4 is 0 Å². The number of benzene rings is 1. The van der Waals surface area contributed by atoms with E-state index in [1.807, 2.05) is 0 Å². The molecule has 0 aliphatic heterocycles. The Labute approximate surface area is 124 Å². The predicted molar refractivity (Wildman–Crippen MR) is 73.0 cm³/mol. The summed E-state index contributed by atoms with van der Waals surface area (Å²) in [5, 5.41) is 10.6. The van der Waals surface area contributed by atoms with Crippen LogP contribution >= 0.6 is 0 Å². The number of allylic oxidation sites excluding steroid dienone is 1. The molecule has 0 amide bonds. The summed E-state index contributed by atoms with van der Waals surface area (Å²) in [6, 6.07) is 3.97. The van der Waals surface area contributed by atoms with Gasteiger partial charge in [0, 0.05) is 18.2 Å². The fourth-order valence-electron chi connectivity index (χ4n) is 1.56. The molecule has 1 rings (SSSR count). The average Bonchev–Trinajstić information content (AvgIpc) is 2.32. The number of alkyl halides is 3. The van der Waals surface area contributed by atoms with Crippen molar-refractivity contribution in [3.63, 3.8) is 0 Å². The number of hydrogen-bond donors (Lipinski definition) is 0. The lowest BCUT2D eigenvalue weighted by Crippen LogP contribution is -2.23. The van der Waals surface area contributed by atoms with Crippen LogP contribution in [0.15, 0.2) is 30.3 Å². The lowest BCUT2D eigenvalue weighted by atomic mass is 10.0. The van der Waals surface area contributed by atoms with Crippen LogP contribution in [-0.2, 0) is 9.53 Å². The minimum atomic E-state index is -4.86. The highest BCUT2D eigenvalue weighted by Crippen LogP contribution is 2.35. The van der Waals surface area contributed by atoms with E-state index in [0.717, 1.165) is 24.3 Å². The van der Waals surface area contributed by atoms with Gasteiger partial charge in [-0.1, -0.05) is 12.1 Å². The van der Waals surface area contributed by atoms with E-state index in [2.05, 4.69) is 0 Å². The van der Waals surface area contributed by atoms with Crippen LogP contribution in [0.2, 0.25) is 0 Å². The zero-order valence-electron chi connectivity index (χ0n) is 12.1. The minimum Gasteiger partial charge on any atom is -0.457 e. The molecule has 1 aromatic rings. The molecule has 5 nitrogen and oxygen atoms in total. The molecule has 0 fully saturated rings. The summed E-state index contributed by atoms with van der Waals surface area (Å²) in [4.78, 5) is 21.4. The maximum atomic E-state index is 13.1. The summed E-state index contributed by atoms with van der Waals surface area (Å²) in [7, 11) is 0. The maximum Gasteiger partial charge on any atom is 0.417 e. The van der Waals surface area contributed by atoms with Crippen molar-refractivity contribution in [2.75, 3.05) is 0 Å². The second kappa shape index (κ2) is 6.17. The Morgan fingerprint density at radius 3 is 2.32 bits per heavy atom. The van der Waals surface area contributed by atoms with Gasteiger partial charge >= 0.3 is 12.1 Å². The van der Waals surface area contributed by atoms with Crippen LogP contribution in [0, 0.1) is 10.1 Å². The van der Waals surface area contributed by atoms with Crippen molar-refractivity contribution in [2.45, 2.75) is 32.5 Å². The average molecular weight is 317 g/mol. The molecular formula is C14H14F3NO4. The third kappa shape index (κ3) is 5.19. The van der Waals surface area contributed by atoms with E-state index in [1.54, 1.807) is 0 Å². The predicted octanol–water partition coefficient (Wildman–Crippen LogP) is 3.88. The van der Waals surface area contributed by atoms with Crippen LogP contribution in [0.25, 0.3) is 5.57 Å². The van der Waals surface area contributed by atoms with Gasteiger partial charge in [0.25, 0.3) is 5.69 Å². The number of rotatable bonds is 3. The molecule has 0 aliphatic carbocycles. The second-order valence-corrected chi connectivity index (χ2v) is 5.40. The van der Waals surface area contributed by atoms with Gasteiger partial charge in [0.1, 0.15) is 5.60 Å². The summed E-state index contributed by atoms with van der Waals surface area (Å²) in [6.45, 7) is 4.54. The van der Waals surface area contributed by atoms with E-state index in [1.165, 1.54) is 20.8 Å². The van der Waals surface area contributed by atoms with E-state index in [-0.39, 0.29) is 0 Å². The van der Waals surface area contributed by atoms with E-state index in [0.29, 0.717) is 6.08 Å². The number of nitro groups is 1. The smallest absolute Gasteiger partial charge is 0.417 e. The largest absolute Gasteiger partial charge is 0.457 e. The van der Waals surface area contributed by atoms with Gasteiger partial charge in [0.15, 0.2) is 0 Å². The molecule has 0 spiro atoms. The molecular weight excluding hydrogens is 303 g/mol. The van der Waals surface area contributed by atoms with Gasteiger partial charge in [0.05, 0.1) is 10.5 Å². The third-order valence-electron chi connectivity index (χ3n) is 2.34. The lowest BCUT2D eigenvalue weighted by molar-refractivity contribution is -0.384. The van der Waals surface area contributed by atoms with Gasteiger partial charge in [0.2, 0.25) is 0 Å². The normalized spacial score (nSPS) is 12.9. The SMILES string of the molecule is CC(C)(C)OC(=O)C=C(c1cccc([N+](=O)[O-])c1)C(F)(F)F. The van der Waals surface area contributed by atoms with Gasteiger partial charge in [-0.2, -0.15) is 13.2 Å². The van der Waals surface area contributed by atoms with Crippen molar-refractivity contribution in [1.29, 1.82) is 0 Å². The Morgan fingerprint density at radius 1 is 1.27 bits per heavy atom. The molecule has 0 bridgehead atoms. The van der Waals surface area contributed by atoms with Crippen LogP contribution in [0.1, 0.15) is 26.3 Å². The molecule has 120 valence electrons. The molecule has 0 aliphatic rings. The van der Waals surface area contributed by atoms with Gasteiger partial charge in [-0.3, -0.25) is 10.1 Å². The van der Waals surface area contributed by atoms with Crippen molar-refractivity contribution < 1.29 is 27.6 Å². The number of hydrogen-bond acceptors (Lipinski definition) is 4. The highest BCUT2D eigenvalue weighted by atomic mass is 19.4. The molecule has 0 saturated heterocycles. The van der Waals surface area contributed by atoms with Crippen molar-refractivity contribution in [3.05, 3.63) is 46.0 Å². The first kappa shape index (κ1) is 17.7. The molecule has 22 heavy (non-hydrogen) atoms. The van der Waals surface area contributed by atoms with E-state index < -0.39 is 39.5 Å². The highest BCUT2D eigenvalue weighted by molar-refractivity contribution is 5.93. The maximum absolute atomic E-state index is 13.1. The fraction of sp³-hybridized carbons (Fsp3) is 0.357. The Balaban J connectivity index is 3.28. The first-order valence-corrected chi connectivity index (χ1v) is 6.17. The zero-order valence-corrected chi connectivity index (χ0v) is 12.1. The van der Waals surface area contributed by atoms with Crippen LogP contribution in [0.4, 0.5) is 18.9 Å². The summed E-state index contributed by atoms with van der Waals surface area (Å²) in [5.41, 5.74) is -3.23. The van der Waals surface area contributed by atoms with Gasteiger partial charge in [-0.05, 0) is 26.3 Å². The molecule has 8 heteroatoms. The molecule has 0 radical (unpaired) electrons. The minimum absolute atomic E-state index is 0.296. The molecule has 0 N–H and O–H groups in total. The van der Waals surface area contributed by atoms with Crippen molar-refractivity contribution in [3.8, 4) is 0 Å². The van der Waals surface area contributed by atoms with Crippen molar-refractivity contribution >= 4 is 17.2 Å². The van der Waals surface area contributed by atoms with Crippen LogP contribution in [0.5, 0.6) is 0 Å². The van der Waals surface area contributed by atoms with Crippen molar-refractivity contribution in [1.82, 2.24) is 0 Å². The summed E-state index contributed by atoms with van der Waals surface area (Å²) in [5.74, 6) is -1.17. The number of non-ortho nitro benzene ring substituents is 1. The number of esters is 1. The molecule has 0 saturated carbocycles. The summed E-state index contributed by atoms with van der Waals surface area (Å²) >= 11 is 0. The second-order valence-electron chi connectivity index (χ2n) is 5.40.